The van der Waals surface area contributed by atoms with Crippen molar-refractivity contribution in [2.24, 2.45) is 4.99 Å². The van der Waals surface area contributed by atoms with Crippen molar-refractivity contribution < 1.29 is 14.5 Å². The molecular weight excluding hydrogens is 430 g/mol. The summed E-state index contributed by atoms with van der Waals surface area (Å²) in [5.41, 5.74) is 1.45. The molecule has 0 saturated carbocycles. The monoisotopic (exact) mass is 449 g/mol. The Morgan fingerprint density at radius 2 is 1.91 bits per heavy atom. The second-order valence-corrected chi connectivity index (χ2v) is 8.02. The second kappa shape index (κ2) is 8.72. The van der Waals surface area contributed by atoms with Gasteiger partial charge in [0.2, 0.25) is 0 Å². The third-order valence-electron chi connectivity index (χ3n) is 5.19. The summed E-state index contributed by atoms with van der Waals surface area (Å²) < 4.78 is 6.78. The number of rotatable bonds is 5. The van der Waals surface area contributed by atoms with Crippen LogP contribution in [0.1, 0.15) is 30.5 Å². The SMILES string of the molecule is CCC1=C(C(=O)OC)[C@@H](c2ccccc2)n2c(s/c(=C\c3ccccc3[N+](=O)[O-])c2=O)=N1. The van der Waals surface area contributed by atoms with Gasteiger partial charge in [-0.25, -0.2) is 9.79 Å². The Bertz CT molecular complexity index is 1420. The molecule has 1 atom stereocenters. The molecule has 2 aromatic carbocycles. The second-order valence-electron chi connectivity index (χ2n) is 7.01. The highest BCUT2D eigenvalue weighted by molar-refractivity contribution is 7.07. The first kappa shape index (κ1) is 21.4. The zero-order chi connectivity index (χ0) is 22.8. The lowest BCUT2D eigenvalue weighted by atomic mass is 9.95. The van der Waals surface area contributed by atoms with Crippen LogP contribution < -0.4 is 14.9 Å². The molecule has 0 spiro atoms. The van der Waals surface area contributed by atoms with Crippen molar-refractivity contribution in [3.05, 3.63) is 107 Å². The Labute approximate surface area is 186 Å². The highest BCUT2D eigenvalue weighted by Gasteiger charge is 2.33. The largest absolute Gasteiger partial charge is 0.466 e. The van der Waals surface area contributed by atoms with Gasteiger partial charge in [-0.15, -0.1) is 0 Å². The number of nitrogens with zero attached hydrogens (tertiary/aromatic N) is 3. The van der Waals surface area contributed by atoms with E-state index in [-0.39, 0.29) is 11.2 Å². The fraction of sp³-hybridized carbons (Fsp3) is 0.174. The molecule has 1 aliphatic rings. The van der Waals surface area contributed by atoms with Gasteiger partial charge < -0.3 is 4.74 Å². The fourth-order valence-corrected chi connectivity index (χ4v) is 4.74. The molecule has 0 saturated heterocycles. The van der Waals surface area contributed by atoms with Gasteiger partial charge in [0.1, 0.15) is 0 Å². The molecule has 32 heavy (non-hydrogen) atoms. The zero-order valence-electron chi connectivity index (χ0n) is 17.3. The molecule has 162 valence electrons. The summed E-state index contributed by atoms with van der Waals surface area (Å²) in [5, 5.41) is 11.4. The Morgan fingerprint density at radius 3 is 2.56 bits per heavy atom. The third kappa shape index (κ3) is 3.67. The number of esters is 1. The molecular formula is C23H19N3O5S. The maximum absolute atomic E-state index is 13.5. The van der Waals surface area contributed by atoms with Crippen molar-refractivity contribution in [1.82, 2.24) is 4.57 Å². The lowest BCUT2D eigenvalue weighted by molar-refractivity contribution is -0.385. The number of carbonyl (C=O) groups excluding carboxylic acids is 1. The van der Waals surface area contributed by atoms with Gasteiger partial charge >= 0.3 is 5.97 Å². The molecule has 0 radical (unpaired) electrons. The number of aromatic nitrogens is 1. The normalized spacial score (nSPS) is 15.8. The van der Waals surface area contributed by atoms with E-state index in [4.69, 9.17) is 4.74 Å². The topological polar surface area (TPSA) is 104 Å². The van der Waals surface area contributed by atoms with E-state index in [1.54, 1.807) is 18.2 Å². The van der Waals surface area contributed by atoms with Crippen molar-refractivity contribution in [3.63, 3.8) is 0 Å². The predicted octanol–water partition coefficient (Wildman–Crippen LogP) is 2.71. The number of para-hydroxylation sites is 1. The predicted molar refractivity (Wildman–Crippen MR) is 120 cm³/mol. The molecule has 0 bridgehead atoms. The van der Waals surface area contributed by atoms with Crippen molar-refractivity contribution in [1.29, 1.82) is 0 Å². The van der Waals surface area contributed by atoms with E-state index < -0.39 is 16.9 Å². The number of hydrogen-bond acceptors (Lipinski definition) is 7. The minimum atomic E-state index is -0.706. The van der Waals surface area contributed by atoms with Crippen LogP contribution in [-0.4, -0.2) is 22.6 Å². The number of carbonyl (C=O) groups is 1. The quantitative estimate of drug-likeness (QED) is 0.338. The van der Waals surface area contributed by atoms with E-state index in [2.05, 4.69) is 4.99 Å². The van der Waals surface area contributed by atoms with Gasteiger partial charge in [-0.1, -0.05) is 60.7 Å². The lowest BCUT2D eigenvalue weighted by Crippen LogP contribution is -2.40. The van der Waals surface area contributed by atoms with Gasteiger partial charge in [0, 0.05) is 6.07 Å². The van der Waals surface area contributed by atoms with E-state index in [0.29, 0.717) is 32.6 Å². The van der Waals surface area contributed by atoms with Crippen LogP contribution in [0.5, 0.6) is 0 Å². The number of benzene rings is 2. The van der Waals surface area contributed by atoms with Gasteiger partial charge in [-0.3, -0.25) is 19.5 Å². The summed E-state index contributed by atoms with van der Waals surface area (Å²) >= 11 is 1.14. The van der Waals surface area contributed by atoms with E-state index in [0.717, 1.165) is 16.9 Å². The highest BCUT2D eigenvalue weighted by Crippen LogP contribution is 2.31. The summed E-state index contributed by atoms with van der Waals surface area (Å²) in [6.07, 6.45) is 1.97. The number of hydrogen-bond donors (Lipinski definition) is 0. The molecule has 0 N–H and O–H groups in total. The third-order valence-corrected chi connectivity index (χ3v) is 6.17. The maximum Gasteiger partial charge on any atom is 0.338 e. The molecule has 8 nitrogen and oxygen atoms in total. The van der Waals surface area contributed by atoms with Crippen LogP contribution in [0.2, 0.25) is 0 Å². The van der Waals surface area contributed by atoms with Crippen molar-refractivity contribution in [2.45, 2.75) is 19.4 Å². The maximum atomic E-state index is 13.5. The van der Waals surface area contributed by atoms with Gasteiger partial charge in [-0.2, -0.15) is 0 Å². The van der Waals surface area contributed by atoms with Gasteiger partial charge in [0.05, 0.1) is 39.4 Å². The smallest absolute Gasteiger partial charge is 0.338 e. The Morgan fingerprint density at radius 1 is 1.22 bits per heavy atom. The van der Waals surface area contributed by atoms with Crippen LogP contribution in [0.15, 0.2) is 75.7 Å². The fourth-order valence-electron chi connectivity index (χ4n) is 3.73. The molecule has 0 fully saturated rings. The number of nitro groups is 1. The number of ether oxygens (including phenoxy) is 1. The van der Waals surface area contributed by atoms with Crippen molar-refractivity contribution in [3.8, 4) is 0 Å². The minimum Gasteiger partial charge on any atom is -0.466 e. The summed E-state index contributed by atoms with van der Waals surface area (Å²) in [6.45, 7) is 1.88. The zero-order valence-corrected chi connectivity index (χ0v) is 18.2. The van der Waals surface area contributed by atoms with E-state index in [9.17, 15) is 19.7 Å². The number of thiazole rings is 1. The highest BCUT2D eigenvalue weighted by atomic mass is 32.1. The standard InChI is InChI=1S/C23H19N3O5S/c1-3-16-19(22(28)31-2)20(14-9-5-4-6-10-14)25-21(27)18(32-23(25)24-16)13-15-11-7-8-12-17(15)26(29)30/h4-13,20H,3H2,1-2H3/b18-13-/t20-/m1/s1. The van der Waals surface area contributed by atoms with E-state index in [1.165, 1.54) is 23.8 Å². The first-order valence-corrected chi connectivity index (χ1v) is 10.7. The molecule has 3 aromatic rings. The van der Waals surface area contributed by atoms with Crippen LogP contribution in [0.4, 0.5) is 5.69 Å². The van der Waals surface area contributed by atoms with Gasteiger partial charge in [-0.05, 0) is 24.1 Å². The molecule has 0 amide bonds. The molecule has 0 aliphatic carbocycles. The van der Waals surface area contributed by atoms with Gasteiger partial charge in [0.15, 0.2) is 4.80 Å². The van der Waals surface area contributed by atoms with E-state index >= 15 is 0 Å². The van der Waals surface area contributed by atoms with Crippen molar-refractivity contribution in [2.75, 3.05) is 7.11 Å². The summed E-state index contributed by atoms with van der Waals surface area (Å²) in [5.74, 6) is -0.549. The minimum absolute atomic E-state index is 0.0950. The van der Waals surface area contributed by atoms with Crippen LogP contribution >= 0.6 is 11.3 Å². The molecule has 4 rings (SSSR count). The number of allylic oxidation sites excluding steroid dienone is 1. The first-order chi connectivity index (χ1) is 15.5. The molecule has 9 heteroatoms. The first-order valence-electron chi connectivity index (χ1n) is 9.87. The van der Waals surface area contributed by atoms with Crippen molar-refractivity contribution >= 4 is 29.1 Å². The Balaban J connectivity index is 2.02. The van der Waals surface area contributed by atoms with Crippen LogP contribution in [0.25, 0.3) is 6.08 Å². The molecule has 1 aromatic heterocycles. The number of methoxy groups -OCH3 is 1. The Hall–Kier alpha value is -3.85. The molecule has 1 aliphatic heterocycles. The average Bonchev–Trinajstić information content (AvgIpc) is 3.12. The summed E-state index contributed by atoms with van der Waals surface area (Å²) in [7, 11) is 1.30. The van der Waals surface area contributed by atoms with Crippen LogP contribution in [0, 0.1) is 10.1 Å². The lowest BCUT2D eigenvalue weighted by Gasteiger charge is -2.25. The summed E-state index contributed by atoms with van der Waals surface area (Å²) in [6, 6.07) is 14.7. The van der Waals surface area contributed by atoms with Crippen LogP contribution in [-0.2, 0) is 9.53 Å². The van der Waals surface area contributed by atoms with Gasteiger partial charge in [0.25, 0.3) is 11.2 Å². The average molecular weight is 449 g/mol. The molecule has 2 heterocycles. The molecule has 0 unspecified atom stereocenters. The number of fused-ring (bicyclic) bond motifs is 1. The number of nitro benzene ring substituents is 1. The van der Waals surface area contributed by atoms with E-state index in [1.807, 2.05) is 37.3 Å². The van der Waals surface area contributed by atoms with Crippen LogP contribution in [0.3, 0.4) is 0 Å². The summed E-state index contributed by atoms with van der Waals surface area (Å²) in [4.78, 5) is 42.1. The Kier molecular flexibility index (Phi) is 5.83.